The van der Waals surface area contributed by atoms with Crippen LogP contribution in [0.1, 0.15) is 18.4 Å². The highest BCUT2D eigenvalue weighted by atomic mass is 35.5. The Morgan fingerprint density at radius 2 is 1.58 bits per heavy atom. The summed E-state index contributed by atoms with van der Waals surface area (Å²) in [5.41, 5.74) is 1.08. The molecule has 7 heteroatoms. The van der Waals surface area contributed by atoms with Crippen LogP contribution in [0.15, 0.2) is 47.4 Å². The monoisotopic (exact) mass is 403 g/mol. The van der Waals surface area contributed by atoms with Crippen LogP contribution < -0.4 is 0 Å². The van der Waals surface area contributed by atoms with Gasteiger partial charge in [0.2, 0.25) is 0 Å². The smallest absolute Gasteiger partial charge is 0.142 e. The molecule has 1 atom stereocenters. The molecule has 0 radical (unpaired) electrons. The molecule has 1 aliphatic rings. The van der Waals surface area contributed by atoms with E-state index < -0.39 is 22.4 Å². The van der Waals surface area contributed by atoms with Crippen molar-refractivity contribution >= 4 is 23.2 Å². The Morgan fingerprint density at radius 1 is 0.962 bits per heavy atom. The van der Waals surface area contributed by atoms with Gasteiger partial charge in [-0.25, -0.2) is 13.2 Å². The van der Waals surface area contributed by atoms with Crippen LogP contribution >= 0.6 is 12.4 Å². The van der Waals surface area contributed by atoms with Gasteiger partial charge >= 0.3 is 0 Å². The fourth-order valence-electron chi connectivity index (χ4n) is 3.10. The summed E-state index contributed by atoms with van der Waals surface area (Å²) in [5.74, 6) is -1.63. The Kier molecular flexibility index (Phi) is 7.68. The molecule has 26 heavy (non-hydrogen) atoms. The molecule has 3 rings (SSSR count). The molecule has 142 valence electrons. The number of rotatable bonds is 5. The Hall–Kier alpha value is -1.37. The van der Waals surface area contributed by atoms with Gasteiger partial charge in [0.25, 0.3) is 0 Å². The Morgan fingerprint density at radius 3 is 2.19 bits per heavy atom. The first-order chi connectivity index (χ1) is 12.0. The van der Waals surface area contributed by atoms with Crippen molar-refractivity contribution in [3.05, 3.63) is 65.5 Å². The molecule has 0 aliphatic carbocycles. The van der Waals surface area contributed by atoms with Crippen LogP contribution in [-0.2, 0) is 17.2 Å². The van der Waals surface area contributed by atoms with E-state index in [1.807, 2.05) is 0 Å². The van der Waals surface area contributed by atoms with E-state index in [-0.39, 0.29) is 28.4 Å². The van der Waals surface area contributed by atoms with Crippen molar-refractivity contribution in [2.75, 3.05) is 19.6 Å². The summed E-state index contributed by atoms with van der Waals surface area (Å²) in [4.78, 5) is 2.36. The highest BCUT2D eigenvalue weighted by Gasteiger charge is 2.26. The molecule has 1 fully saturated rings. The van der Waals surface area contributed by atoms with Gasteiger partial charge in [-0.1, -0.05) is 12.1 Å². The maximum absolute atomic E-state index is 13.8. The van der Waals surface area contributed by atoms with Crippen LogP contribution in [0.3, 0.4) is 0 Å². The predicted molar refractivity (Wildman–Crippen MR) is 99.6 cm³/mol. The molecule has 0 bridgehead atoms. The maximum atomic E-state index is 13.8. The molecule has 2 nitrogen and oxygen atoms in total. The summed E-state index contributed by atoms with van der Waals surface area (Å²) in [6.45, 7) is 2.44. The van der Waals surface area contributed by atoms with Crippen molar-refractivity contribution in [1.82, 2.24) is 4.90 Å². The molecule has 0 N–H and O–H groups in total. The molecule has 0 aromatic heterocycles. The van der Waals surface area contributed by atoms with E-state index in [9.17, 15) is 17.4 Å². The van der Waals surface area contributed by atoms with Crippen molar-refractivity contribution < 1.29 is 17.4 Å². The molecule has 2 aromatic rings. The van der Waals surface area contributed by atoms with Crippen LogP contribution in [0.4, 0.5) is 13.2 Å². The van der Waals surface area contributed by atoms with Gasteiger partial charge in [0.15, 0.2) is 0 Å². The topological polar surface area (TPSA) is 20.3 Å². The van der Waals surface area contributed by atoms with Gasteiger partial charge in [-0.15, -0.1) is 12.4 Å². The third-order valence-corrected chi connectivity index (χ3v) is 6.42. The van der Waals surface area contributed by atoms with Gasteiger partial charge in [0.05, 0.1) is 15.7 Å². The van der Waals surface area contributed by atoms with Gasteiger partial charge in [-0.05, 0) is 62.2 Å². The number of piperidine rings is 1. The normalized spacial score (nSPS) is 16.9. The molecule has 1 unspecified atom stereocenters. The summed E-state index contributed by atoms with van der Waals surface area (Å²) in [6.07, 6.45) is 2.26. The molecule has 1 saturated heterocycles. The van der Waals surface area contributed by atoms with E-state index >= 15 is 0 Å². The first kappa shape index (κ1) is 20.9. The summed E-state index contributed by atoms with van der Waals surface area (Å²) >= 11 is 0. The van der Waals surface area contributed by atoms with Crippen LogP contribution in [0.2, 0.25) is 0 Å². The average molecular weight is 404 g/mol. The highest BCUT2D eigenvalue weighted by Crippen LogP contribution is 2.23. The molecule has 0 spiro atoms. The summed E-state index contributed by atoms with van der Waals surface area (Å²) < 4.78 is 52.2. The van der Waals surface area contributed by atoms with Crippen LogP contribution in [0, 0.1) is 17.5 Å². The first-order valence-electron chi connectivity index (χ1n) is 8.35. The minimum Gasteiger partial charge on any atom is -0.303 e. The Bertz CT molecular complexity index is 749. The standard InChI is InChI=1S/C19H20F3NOS.ClH/c20-15-3-1-14(2-4-15)7-10-23-11-8-17(9-12-23)25(24)19-6-5-16(21)13-18(19)22;/h1-6,13,17H,7-12H2;1H. The molecular formula is C19H21ClF3NOS. The van der Waals surface area contributed by atoms with E-state index in [1.54, 1.807) is 12.1 Å². The summed E-state index contributed by atoms with van der Waals surface area (Å²) in [6, 6.07) is 9.70. The third-order valence-electron chi connectivity index (χ3n) is 4.58. The van der Waals surface area contributed by atoms with E-state index in [0.717, 1.165) is 43.8 Å². The number of hydrogen-bond donors (Lipinski definition) is 0. The average Bonchev–Trinajstić information content (AvgIpc) is 2.61. The predicted octanol–water partition coefficient (Wildman–Crippen LogP) is 4.34. The van der Waals surface area contributed by atoms with Crippen molar-refractivity contribution in [3.8, 4) is 0 Å². The van der Waals surface area contributed by atoms with E-state index in [0.29, 0.717) is 12.8 Å². The lowest BCUT2D eigenvalue weighted by Crippen LogP contribution is -2.38. The fourth-order valence-corrected chi connectivity index (χ4v) is 4.55. The van der Waals surface area contributed by atoms with Crippen molar-refractivity contribution in [1.29, 1.82) is 0 Å². The second-order valence-electron chi connectivity index (χ2n) is 6.29. The molecule has 1 heterocycles. The molecule has 0 saturated carbocycles. The van der Waals surface area contributed by atoms with E-state index in [2.05, 4.69) is 4.90 Å². The first-order valence-corrected chi connectivity index (χ1v) is 9.56. The lowest BCUT2D eigenvalue weighted by Gasteiger charge is -2.31. The number of likely N-dealkylation sites (tertiary alicyclic amines) is 1. The minimum atomic E-state index is -1.46. The quantitative estimate of drug-likeness (QED) is 0.740. The van der Waals surface area contributed by atoms with Gasteiger partial charge in [0.1, 0.15) is 17.5 Å². The van der Waals surface area contributed by atoms with Crippen LogP contribution in [0.25, 0.3) is 0 Å². The lowest BCUT2D eigenvalue weighted by molar-refractivity contribution is 0.234. The molecule has 2 aromatic carbocycles. The lowest BCUT2D eigenvalue weighted by atomic mass is 10.1. The van der Waals surface area contributed by atoms with Crippen molar-refractivity contribution in [2.45, 2.75) is 29.4 Å². The number of benzene rings is 2. The largest absolute Gasteiger partial charge is 0.303 e. The van der Waals surface area contributed by atoms with Gasteiger partial charge in [0, 0.05) is 17.9 Å². The van der Waals surface area contributed by atoms with Gasteiger partial charge < -0.3 is 4.90 Å². The van der Waals surface area contributed by atoms with Gasteiger partial charge in [-0.2, -0.15) is 0 Å². The third kappa shape index (κ3) is 5.32. The summed E-state index contributed by atoms with van der Waals surface area (Å²) in [7, 11) is -1.46. The SMILES string of the molecule is Cl.O=S(c1ccc(F)cc1F)C1CCN(CCc2ccc(F)cc2)CC1. The Balaban J connectivity index is 0.00000243. The van der Waals surface area contributed by atoms with Crippen molar-refractivity contribution in [3.63, 3.8) is 0 Å². The second-order valence-corrected chi connectivity index (χ2v) is 7.99. The molecule has 0 amide bonds. The zero-order valence-electron chi connectivity index (χ0n) is 14.2. The molecular weight excluding hydrogens is 383 g/mol. The van der Waals surface area contributed by atoms with E-state index in [4.69, 9.17) is 0 Å². The van der Waals surface area contributed by atoms with E-state index in [1.165, 1.54) is 18.2 Å². The van der Waals surface area contributed by atoms with Crippen molar-refractivity contribution in [2.24, 2.45) is 0 Å². The molecule has 1 aliphatic heterocycles. The van der Waals surface area contributed by atoms with Crippen LogP contribution in [-0.4, -0.2) is 34.0 Å². The highest BCUT2D eigenvalue weighted by molar-refractivity contribution is 7.85. The Labute approximate surface area is 160 Å². The van der Waals surface area contributed by atoms with Crippen LogP contribution in [0.5, 0.6) is 0 Å². The zero-order chi connectivity index (χ0) is 17.8. The second kappa shape index (κ2) is 9.53. The number of halogens is 4. The maximum Gasteiger partial charge on any atom is 0.142 e. The fraction of sp³-hybridized carbons (Fsp3) is 0.368. The number of hydrogen-bond acceptors (Lipinski definition) is 2. The number of nitrogens with zero attached hydrogens (tertiary/aromatic N) is 1. The summed E-state index contributed by atoms with van der Waals surface area (Å²) in [5, 5.41) is -0.109. The minimum absolute atomic E-state index is 0. The zero-order valence-corrected chi connectivity index (χ0v) is 15.8. The van der Waals surface area contributed by atoms with Gasteiger partial charge in [-0.3, -0.25) is 4.21 Å².